The molecule has 0 radical (unpaired) electrons. The summed E-state index contributed by atoms with van der Waals surface area (Å²) in [5.74, 6) is -0.534. The van der Waals surface area contributed by atoms with Crippen molar-refractivity contribution in [1.29, 1.82) is 0 Å². The minimum absolute atomic E-state index is 0.124. The highest BCUT2D eigenvalue weighted by Crippen LogP contribution is 2.43. The smallest absolute Gasteiger partial charge is 0.363 e. The van der Waals surface area contributed by atoms with Crippen LogP contribution in [0.25, 0.3) is 0 Å². The van der Waals surface area contributed by atoms with Crippen molar-refractivity contribution >= 4 is 40.6 Å². The molecule has 31 heavy (non-hydrogen) atoms. The summed E-state index contributed by atoms with van der Waals surface area (Å²) in [5.41, 5.74) is 1.95. The van der Waals surface area contributed by atoms with Gasteiger partial charge < -0.3 is 10.6 Å². The molecule has 10 heteroatoms. The Morgan fingerprint density at radius 3 is 2.48 bits per heavy atom. The first kappa shape index (κ1) is 21.5. The predicted molar refractivity (Wildman–Crippen MR) is 114 cm³/mol. The second kappa shape index (κ2) is 8.09. The second-order valence-electron chi connectivity index (χ2n) is 7.34. The molecule has 2 N–H and O–H groups in total. The Balaban J connectivity index is 1.63. The average molecular weight is 469 g/mol. The summed E-state index contributed by atoms with van der Waals surface area (Å²) < 4.78 is 42.2. The van der Waals surface area contributed by atoms with Gasteiger partial charge >= 0.3 is 6.18 Å². The first-order chi connectivity index (χ1) is 14.6. The molecular weight excluding hydrogens is 452 g/mol. The minimum Gasteiger partial charge on any atom is -0.363 e. The van der Waals surface area contributed by atoms with E-state index < -0.39 is 24.2 Å². The van der Waals surface area contributed by atoms with E-state index in [1.54, 1.807) is 12.1 Å². The number of nitrogens with zero attached hydrogens (tertiary/aromatic N) is 2. The normalized spacial score (nSPS) is 18.3. The van der Waals surface area contributed by atoms with E-state index >= 15 is 0 Å². The Morgan fingerprint density at radius 1 is 1.13 bits per heavy atom. The molecule has 1 aliphatic rings. The highest BCUT2D eigenvalue weighted by atomic mass is 35.5. The van der Waals surface area contributed by atoms with Crippen LogP contribution < -0.4 is 10.6 Å². The van der Waals surface area contributed by atoms with Crippen molar-refractivity contribution < 1.29 is 18.0 Å². The monoisotopic (exact) mass is 468 g/mol. The number of alkyl halides is 3. The van der Waals surface area contributed by atoms with E-state index in [4.69, 9.17) is 23.2 Å². The zero-order chi connectivity index (χ0) is 22.3. The van der Waals surface area contributed by atoms with Gasteiger partial charge in [-0.25, -0.2) is 4.68 Å². The van der Waals surface area contributed by atoms with Crippen LogP contribution in [0, 0.1) is 6.92 Å². The van der Waals surface area contributed by atoms with Gasteiger partial charge in [0.25, 0.3) is 5.91 Å². The molecule has 2 atom stereocenters. The number of hydrogen-bond donors (Lipinski definition) is 2. The number of nitrogens with one attached hydrogen (secondary N) is 2. The summed E-state index contributed by atoms with van der Waals surface area (Å²) in [6, 6.07) is 10.7. The van der Waals surface area contributed by atoms with Crippen molar-refractivity contribution in [3.63, 3.8) is 0 Å². The van der Waals surface area contributed by atoms with E-state index in [1.165, 1.54) is 24.3 Å². The van der Waals surface area contributed by atoms with E-state index in [-0.39, 0.29) is 23.0 Å². The van der Waals surface area contributed by atoms with Crippen LogP contribution in [0.1, 0.15) is 40.1 Å². The van der Waals surface area contributed by atoms with Gasteiger partial charge in [-0.1, -0.05) is 53.0 Å². The molecule has 3 aromatic rings. The fourth-order valence-corrected chi connectivity index (χ4v) is 3.77. The van der Waals surface area contributed by atoms with Gasteiger partial charge in [-0.15, -0.1) is 0 Å². The molecule has 4 rings (SSSR count). The molecule has 5 nitrogen and oxygen atoms in total. The van der Waals surface area contributed by atoms with E-state index in [0.29, 0.717) is 10.7 Å². The van der Waals surface area contributed by atoms with E-state index in [2.05, 4.69) is 15.7 Å². The number of carbonyl (C=O) groups is 1. The van der Waals surface area contributed by atoms with Crippen molar-refractivity contribution in [3.05, 3.63) is 75.4 Å². The van der Waals surface area contributed by atoms with Crippen LogP contribution in [0.2, 0.25) is 10.0 Å². The van der Waals surface area contributed by atoms with Crippen molar-refractivity contribution in [1.82, 2.24) is 9.78 Å². The lowest BCUT2D eigenvalue weighted by Crippen LogP contribution is -2.35. The highest BCUT2D eigenvalue weighted by Gasteiger charge is 2.46. The topological polar surface area (TPSA) is 59.0 Å². The summed E-state index contributed by atoms with van der Waals surface area (Å²) in [7, 11) is 0. The van der Waals surface area contributed by atoms with E-state index in [0.717, 1.165) is 15.8 Å². The number of fused-ring (bicyclic) bond motifs is 1. The number of aromatic nitrogens is 2. The molecule has 0 saturated carbocycles. The second-order valence-corrected chi connectivity index (χ2v) is 8.16. The number of halogens is 5. The van der Waals surface area contributed by atoms with Gasteiger partial charge in [-0.05, 0) is 30.7 Å². The molecular formula is C21H17Cl2F3N4O. The number of benzene rings is 2. The van der Waals surface area contributed by atoms with Gasteiger partial charge in [0, 0.05) is 18.2 Å². The summed E-state index contributed by atoms with van der Waals surface area (Å²) in [5, 5.41) is 10.1. The van der Waals surface area contributed by atoms with Crippen LogP contribution in [-0.4, -0.2) is 21.9 Å². The van der Waals surface area contributed by atoms with Gasteiger partial charge in [0.2, 0.25) is 0 Å². The molecule has 0 fully saturated rings. The Hall–Kier alpha value is -2.71. The quantitative estimate of drug-likeness (QED) is 0.466. The van der Waals surface area contributed by atoms with E-state index in [1.807, 2.05) is 19.1 Å². The maximum Gasteiger partial charge on any atom is 0.410 e. The molecule has 1 amide bonds. The Morgan fingerprint density at radius 2 is 1.84 bits per heavy atom. The Labute approximate surface area is 186 Å². The SMILES string of the molecule is Cc1ccc(C2CC(C(F)(F)F)n3nc(C(=O)Nc4ccc(Cl)c(Cl)c4)cc3N2)cc1. The fraction of sp³-hybridized carbons (Fsp3) is 0.238. The van der Waals surface area contributed by atoms with Crippen LogP contribution in [-0.2, 0) is 0 Å². The number of anilines is 2. The maximum absolute atomic E-state index is 13.8. The number of rotatable bonds is 3. The summed E-state index contributed by atoms with van der Waals surface area (Å²) in [4.78, 5) is 12.6. The van der Waals surface area contributed by atoms with Crippen molar-refractivity contribution in [2.45, 2.75) is 31.6 Å². The third kappa shape index (κ3) is 4.50. The number of amides is 1. The third-order valence-electron chi connectivity index (χ3n) is 5.08. The predicted octanol–water partition coefficient (Wildman–Crippen LogP) is 6.41. The molecule has 0 bridgehead atoms. The van der Waals surface area contributed by atoms with Gasteiger partial charge in [0.15, 0.2) is 11.7 Å². The number of aryl methyl sites for hydroxylation is 1. The van der Waals surface area contributed by atoms with Gasteiger partial charge in [0.05, 0.1) is 16.1 Å². The summed E-state index contributed by atoms with van der Waals surface area (Å²) in [6.07, 6.45) is -4.77. The molecule has 162 valence electrons. The average Bonchev–Trinajstić information content (AvgIpc) is 3.14. The van der Waals surface area contributed by atoms with Crippen molar-refractivity contribution in [3.8, 4) is 0 Å². The molecule has 2 aromatic carbocycles. The van der Waals surface area contributed by atoms with Crippen LogP contribution >= 0.6 is 23.2 Å². The Bertz CT molecular complexity index is 1130. The van der Waals surface area contributed by atoms with Crippen LogP contribution in [0.3, 0.4) is 0 Å². The zero-order valence-electron chi connectivity index (χ0n) is 16.2. The number of carbonyl (C=O) groups excluding carboxylic acids is 1. The van der Waals surface area contributed by atoms with Crippen LogP contribution in [0.15, 0.2) is 48.5 Å². The molecule has 0 saturated heterocycles. The Kier molecular flexibility index (Phi) is 5.61. The molecule has 1 aliphatic heterocycles. The van der Waals surface area contributed by atoms with E-state index in [9.17, 15) is 18.0 Å². The molecule has 2 unspecified atom stereocenters. The zero-order valence-corrected chi connectivity index (χ0v) is 17.7. The largest absolute Gasteiger partial charge is 0.410 e. The third-order valence-corrected chi connectivity index (χ3v) is 5.82. The molecule has 1 aromatic heterocycles. The van der Waals surface area contributed by atoms with Gasteiger partial charge in [0.1, 0.15) is 5.82 Å². The highest BCUT2D eigenvalue weighted by molar-refractivity contribution is 6.42. The molecule has 0 spiro atoms. The first-order valence-corrected chi connectivity index (χ1v) is 10.1. The minimum atomic E-state index is -4.52. The first-order valence-electron chi connectivity index (χ1n) is 9.37. The van der Waals surface area contributed by atoms with Crippen molar-refractivity contribution in [2.75, 3.05) is 10.6 Å². The molecule has 0 aliphatic carbocycles. The van der Waals surface area contributed by atoms with Gasteiger partial charge in [-0.2, -0.15) is 18.3 Å². The number of hydrogen-bond acceptors (Lipinski definition) is 3. The fourth-order valence-electron chi connectivity index (χ4n) is 3.47. The lowest BCUT2D eigenvalue weighted by Gasteiger charge is -2.33. The molecule has 2 heterocycles. The summed E-state index contributed by atoms with van der Waals surface area (Å²) >= 11 is 11.8. The summed E-state index contributed by atoms with van der Waals surface area (Å²) in [6.45, 7) is 1.91. The standard InChI is InChI=1S/C21H17Cl2F3N4O/c1-11-2-4-12(5-3-11)16-9-18(21(24,25)26)30-19(28-16)10-17(29-30)20(31)27-13-6-7-14(22)15(23)8-13/h2-8,10,16,18,28H,9H2,1H3,(H,27,31). The van der Waals surface area contributed by atoms with Crippen LogP contribution in [0.5, 0.6) is 0 Å². The van der Waals surface area contributed by atoms with Crippen LogP contribution in [0.4, 0.5) is 24.7 Å². The lowest BCUT2D eigenvalue weighted by molar-refractivity contribution is -0.173. The van der Waals surface area contributed by atoms with Crippen molar-refractivity contribution in [2.24, 2.45) is 0 Å². The lowest BCUT2D eigenvalue weighted by atomic mass is 9.96. The van der Waals surface area contributed by atoms with Gasteiger partial charge in [-0.3, -0.25) is 4.79 Å². The maximum atomic E-state index is 13.8.